The van der Waals surface area contributed by atoms with E-state index in [2.05, 4.69) is 0 Å². The number of hydrogen-bond donors (Lipinski definition) is 0. The molecule has 1 aromatic rings. The largest absolute Gasteiger partial charge is 0.278 e. The van der Waals surface area contributed by atoms with Gasteiger partial charge >= 0.3 is 0 Å². The van der Waals surface area contributed by atoms with Gasteiger partial charge in [-0.1, -0.05) is 11.6 Å². The van der Waals surface area contributed by atoms with Crippen molar-refractivity contribution in [1.82, 2.24) is 4.31 Å². The zero-order valence-electron chi connectivity index (χ0n) is 10.1. The highest BCUT2D eigenvalue weighted by Gasteiger charge is 2.37. The molecule has 2 rings (SSSR count). The van der Waals surface area contributed by atoms with E-state index < -0.39 is 21.2 Å². The first-order valence-corrected chi connectivity index (χ1v) is 8.41. The summed E-state index contributed by atoms with van der Waals surface area (Å²) in [6, 6.07) is 0. The molecule has 1 aliphatic heterocycles. The maximum atomic E-state index is 12.3. The molecule has 1 atom stereocenters. The number of nitrogens with zero attached hydrogens (tertiary/aromatic N) is 1. The van der Waals surface area contributed by atoms with Crippen molar-refractivity contribution in [2.45, 2.75) is 31.9 Å². The second kappa shape index (κ2) is 4.83. The number of sulfonamides is 1. The van der Waals surface area contributed by atoms with Crippen molar-refractivity contribution in [3.05, 3.63) is 20.8 Å². The Hall–Kier alpha value is -0.590. The van der Waals surface area contributed by atoms with Crippen LogP contribution in [0.2, 0.25) is 5.02 Å². The van der Waals surface area contributed by atoms with E-state index in [1.807, 2.05) is 0 Å². The standard InChI is InChI=1S/C11H14ClNO3S2/c1-7-6-17-10(9(7)12)11(14)13-5-3-4-8(2)18(13,15)16/h6,8H,3-5H2,1-2H3. The van der Waals surface area contributed by atoms with E-state index in [1.165, 1.54) is 11.3 Å². The van der Waals surface area contributed by atoms with Gasteiger partial charge in [0.25, 0.3) is 5.91 Å². The summed E-state index contributed by atoms with van der Waals surface area (Å²) >= 11 is 7.21. The molecule has 0 saturated carbocycles. The van der Waals surface area contributed by atoms with E-state index in [4.69, 9.17) is 11.6 Å². The first kappa shape index (κ1) is 13.8. The minimum atomic E-state index is -3.53. The maximum Gasteiger partial charge on any atom is 0.278 e. The van der Waals surface area contributed by atoms with Crippen LogP contribution in [0.1, 0.15) is 35.0 Å². The Labute approximate surface area is 116 Å². The molecule has 1 unspecified atom stereocenters. The number of hydrogen-bond acceptors (Lipinski definition) is 4. The first-order valence-electron chi connectivity index (χ1n) is 5.65. The fraction of sp³-hybridized carbons (Fsp3) is 0.545. The molecule has 4 nitrogen and oxygen atoms in total. The van der Waals surface area contributed by atoms with Crippen molar-refractivity contribution in [2.75, 3.05) is 6.54 Å². The number of rotatable bonds is 1. The van der Waals surface area contributed by atoms with Crippen LogP contribution in [-0.2, 0) is 10.0 Å². The Bertz CT molecular complexity index is 579. The van der Waals surface area contributed by atoms with Gasteiger partial charge in [0, 0.05) is 6.54 Å². The van der Waals surface area contributed by atoms with Gasteiger partial charge in [-0.3, -0.25) is 4.79 Å². The predicted molar refractivity (Wildman–Crippen MR) is 72.7 cm³/mol. The molecule has 1 aromatic heterocycles. The van der Waals surface area contributed by atoms with Crippen LogP contribution in [0.15, 0.2) is 5.38 Å². The summed E-state index contributed by atoms with van der Waals surface area (Å²) in [6.45, 7) is 3.68. The second-order valence-electron chi connectivity index (χ2n) is 4.44. The third kappa shape index (κ3) is 2.17. The monoisotopic (exact) mass is 307 g/mol. The van der Waals surface area contributed by atoms with Crippen LogP contribution >= 0.6 is 22.9 Å². The molecule has 2 heterocycles. The lowest BCUT2D eigenvalue weighted by molar-refractivity contribution is 0.0857. The smallest absolute Gasteiger partial charge is 0.267 e. The highest BCUT2D eigenvalue weighted by atomic mass is 35.5. The first-order chi connectivity index (χ1) is 8.35. The molecule has 1 fully saturated rings. The van der Waals surface area contributed by atoms with Gasteiger partial charge < -0.3 is 0 Å². The SMILES string of the molecule is Cc1csc(C(=O)N2CCCC(C)S2(=O)=O)c1Cl. The van der Waals surface area contributed by atoms with E-state index in [9.17, 15) is 13.2 Å². The van der Waals surface area contributed by atoms with Crippen LogP contribution < -0.4 is 0 Å². The minimum Gasteiger partial charge on any atom is -0.267 e. The Kier molecular flexibility index (Phi) is 3.71. The summed E-state index contributed by atoms with van der Waals surface area (Å²) in [5, 5.41) is 1.61. The van der Waals surface area contributed by atoms with E-state index in [1.54, 1.807) is 19.2 Å². The van der Waals surface area contributed by atoms with Crippen LogP contribution in [0, 0.1) is 6.92 Å². The fourth-order valence-corrected chi connectivity index (χ4v) is 4.80. The quantitative estimate of drug-likeness (QED) is 0.801. The molecule has 0 radical (unpaired) electrons. The lowest BCUT2D eigenvalue weighted by Crippen LogP contribution is -2.45. The average molecular weight is 308 g/mol. The molecular weight excluding hydrogens is 294 g/mol. The highest BCUT2D eigenvalue weighted by molar-refractivity contribution is 7.90. The molecule has 18 heavy (non-hydrogen) atoms. The molecule has 1 saturated heterocycles. The summed E-state index contributed by atoms with van der Waals surface area (Å²) in [6.07, 6.45) is 1.30. The Morgan fingerprint density at radius 1 is 1.56 bits per heavy atom. The molecule has 0 bridgehead atoms. The molecule has 0 spiro atoms. The van der Waals surface area contributed by atoms with Crippen molar-refractivity contribution >= 4 is 38.9 Å². The predicted octanol–water partition coefficient (Wildman–Crippen LogP) is 2.66. The topological polar surface area (TPSA) is 54.5 Å². The molecule has 1 amide bonds. The molecule has 0 N–H and O–H groups in total. The molecule has 0 aromatic carbocycles. The molecule has 1 aliphatic rings. The summed E-state index contributed by atoms with van der Waals surface area (Å²) < 4.78 is 25.2. The summed E-state index contributed by atoms with van der Waals surface area (Å²) in [7, 11) is -3.53. The third-order valence-electron chi connectivity index (χ3n) is 3.11. The number of amides is 1. The van der Waals surface area contributed by atoms with Crippen LogP contribution in [-0.4, -0.2) is 30.4 Å². The van der Waals surface area contributed by atoms with Crippen molar-refractivity contribution in [3.8, 4) is 0 Å². The van der Waals surface area contributed by atoms with Gasteiger partial charge in [0.15, 0.2) is 0 Å². The molecular formula is C11H14ClNO3S2. The van der Waals surface area contributed by atoms with Gasteiger partial charge in [0.1, 0.15) is 4.88 Å². The van der Waals surface area contributed by atoms with Crippen molar-refractivity contribution in [3.63, 3.8) is 0 Å². The maximum absolute atomic E-state index is 12.3. The van der Waals surface area contributed by atoms with Crippen LogP contribution in [0.25, 0.3) is 0 Å². The number of halogens is 1. The molecule has 0 aliphatic carbocycles. The normalized spacial score (nSPS) is 23.1. The van der Waals surface area contributed by atoms with Crippen LogP contribution in [0.3, 0.4) is 0 Å². The zero-order chi connectivity index (χ0) is 13.5. The van der Waals surface area contributed by atoms with E-state index >= 15 is 0 Å². The van der Waals surface area contributed by atoms with Gasteiger partial charge in [-0.25, -0.2) is 12.7 Å². The van der Waals surface area contributed by atoms with E-state index in [0.29, 0.717) is 22.7 Å². The number of aryl methyl sites for hydroxylation is 1. The third-order valence-corrected chi connectivity index (χ3v) is 7.01. The summed E-state index contributed by atoms with van der Waals surface area (Å²) in [5.41, 5.74) is 0.799. The van der Waals surface area contributed by atoms with Crippen LogP contribution in [0.4, 0.5) is 0 Å². The van der Waals surface area contributed by atoms with E-state index in [-0.39, 0.29) is 6.54 Å². The lowest BCUT2D eigenvalue weighted by Gasteiger charge is -2.30. The van der Waals surface area contributed by atoms with Gasteiger partial charge in [-0.2, -0.15) is 0 Å². The Morgan fingerprint density at radius 3 is 2.78 bits per heavy atom. The summed E-state index contributed by atoms with van der Waals surface area (Å²) in [5.74, 6) is -0.496. The Morgan fingerprint density at radius 2 is 2.22 bits per heavy atom. The van der Waals surface area contributed by atoms with E-state index in [0.717, 1.165) is 9.87 Å². The van der Waals surface area contributed by atoms with Crippen LogP contribution in [0.5, 0.6) is 0 Å². The highest BCUT2D eigenvalue weighted by Crippen LogP contribution is 2.31. The number of carbonyl (C=O) groups excluding carboxylic acids is 1. The van der Waals surface area contributed by atoms with Gasteiger partial charge in [0.2, 0.25) is 10.0 Å². The number of carbonyl (C=O) groups is 1. The summed E-state index contributed by atoms with van der Waals surface area (Å²) in [4.78, 5) is 12.6. The van der Waals surface area contributed by atoms with Crippen molar-refractivity contribution in [2.24, 2.45) is 0 Å². The minimum absolute atomic E-state index is 0.249. The van der Waals surface area contributed by atoms with Crippen molar-refractivity contribution < 1.29 is 13.2 Å². The lowest BCUT2D eigenvalue weighted by atomic mass is 10.2. The molecule has 7 heteroatoms. The zero-order valence-corrected chi connectivity index (χ0v) is 12.5. The Balaban J connectivity index is 2.37. The fourth-order valence-electron chi connectivity index (χ4n) is 1.92. The van der Waals surface area contributed by atoms with Gasteiger partial charge in [-0.05, 0) is 37.6 Å². The second-order valence-corrected chi connectivity index (χ2v) is 7.97. The molecule has 100 valence electrons. The van der Waals surface area contributed by atoms with Gasteiger partial charge in [0.05, 0.1) is 10.3 Å². The number of thiophene rings is 1. The van der Waals surface area contributed by atoms with Gasteiger partial charge in [-0.15, -0.1) is 11.3 Å². The average Bonchev–Trinajstić information content (AvgIpc) is 2.63. The van der Waals surface area contributed by atoms with Crippen molar-refractivity contribution in [1.29, 1.82) is 0 Å².